The Kier molecular flexibility index (Phi) is 11.6. The molecule has 0 aliphatic rings. The Morgan fingerprint density at radius 1 is 0.312 bits per heavy atom. The number of hydrogen-bond donors (Lipinski definition) is 0. The van der Waals surface area contributed by atoms with Gasteiger partial charge in [0.05, 0.1) is 11.4 Å². The second-order valence-corrected chi connectivity index (χ2v) is 21.2. The van der Waals surface area contributed by atoms with Crippen molar-refractivity contribution in [3.8, 4) is 22.5 Å². The van der Waals surface area contributed by atoms with E-state index in [-0.39, 0.29) is 21.7 Å². The van der Waals surface area contributed by atoms with Crippen LogP contribution in [-0.2, 0) is 21.7 Å². The average Bonchev–Trinajstić information content (AvgIpc) is 3.26. The summed E-state index contributed by atoms with van der Waals surface area (Å²) in [5.41, 5.74) is 16.9. The number of nitrogens with zero attached hydrogens (tertiary/aromatic N) is 5. The molecule has 0 spiro atoms. The molecule has 0 atom stereocenters. The van der Waals surface area contributed by atoms with Gasteiger partial charge in [-0.05, 0) is 129 Å². The lowest BCUT2D eigenvalue weighted by Gasteiger charge is -2.28. The Morgan fingerprint density at radius 3 is 0.859 bits per heavy atom. The maximum atomic E-state index is 5.24. The van der Waals surface area contributed by atoms with Crippen molar-refractivity contribution in [3.63, 3.8) is 0 Å². The average molecular weight is 842 g/mol. The van der Waals surface area contributed by atoms with E-state index < -0.39 is 0 Å². The fourth-order valence-electron chi connectivity index (χ4n) is 8.17. The van der Waals surface area contributed by atoms with Crippen LogP contribution in [0.4, 0.5) is 34.1 Å². The molecule has 0 aliphatic carbocycles. The Morgan fingerprint density at radius 2 is 0.578 bits per heavy atom. The van der Waals surface area contributed by atoms with Crippen molar-refractivity contribution in [1.82, 2.24) is 15.0 Å². The van der Waals surface area contributed by atoms with Crippen LogP contribution in [0.25, 0.3) is 33.7 Å². The van der Waals surface area contributed by atoms with Gasteiger partial charge in [-0.3, -0.25) is 0 Å². The second-order valence-electron chi connectivity index (χ2n) is 21.2. The lowest BCUT2D eigenvalue weighted by molar-refractivity contribution is 0.590. The van der Waals surface area contributed by atoms with Gasteiger partial charge in [0.15, 0.2) is 5.65 Å². The van der Waals surface area contributed by atoms with Gasteiger partial charge in [0.1, 0.15) is 5.52 Å². The Hall–Kier alpha value is -6.59. The molecule has 64 heavy (non-hydrogen) atoms. The third-order valence-corrected chi connectivity index (χ3v) is 12.2. The number of benzene rings is 6. The first-order chi connectivity index (χ1) is 30.2. The minimum absolute atomic E-state index is 0.0588. The largest absolute Gasteiger partial charge is 0.311 e. The van der Waals surface area contributed by atoms with Crippen molar-refractivity contribution >= 4 is 45.3 Å². The van der Waals surface area contributed by atoms with Gasteiger partial charge in [-0.25, -0.2) is 15.0 Å². The molecule has 0 saturated carbocycles. The van der Waals surface area contributed by atoms with Gasteiger partial charge in [-0.2, -0.15) is 0 Å². The number of pyridine rings is 1. The molecule has 324 valence electrons. The van der Waals surface area contributed by atoms with E-state index in [1.165, 1.54) is 22.3 Å². The molecule has 0 N–H and O–H groups in total. The SMILES string of the molecule is CC(C)(C)c1ccc(N(c2ccc(-c3nc4cccnc4nc3-c3ccc(N(c4ccc(C(C)(C)C)cc4)c4ccc(C(C)(C)C)cc4)cc3)cc2)c2ccc(C(C)(C)C)cc2)cc1. The molecule has 5 nitrogen and oxygen atoms in total. The van der Waals surface area contributed by atoms with Gasteiger partial charge in [-0.15, -0.1) is 0 Å². The van der Waals surface area contributed by atoms with Crippen molar-refractivity contribution in [2.24, 2.45) is 0 Å². The standard InChI is InChI=1S/C59H63N5/c1-56(2,3)42-19-31-48(32-20-42)63(49-33-21-43(22-34-49)57(4,5)6)46-27-15-40(16-28-46)53-54(62-55-52(61-53)14-13-39-60-55)41-17-29-47(30-18-41)64(50-35-23-44(24-36-50)58(7,8)9)51-37-25-45(26-38-51)59(10,11)12/h13-39H,1-12H3. The molecule has 0 unspecified atom stereocenters. The summed E-state index contributed by atoms with van der Waals surface area (Å²) in [6.07, 6.45) is 1.78. The number of hydrogen-bond acceptors (Lipinski definition) is 5. The quantitative estimate of drug-likeness (QED) is 0.152. The zero-order chi connectivity index (χ0) is 45.6. The molecule has 8 aromatic rings. The zero-order valence-corrected chi connectivity index (χ0v) is 39.8. The molecule has 2 aromatic heterocycles. The first-order valence-corrected chi connectivity index (χ1v) is 22.6. The predicted molar refractivity (Wildman–Crippen MR) is 272 cm³/mol. The molecule has 0 amide bonds. The van der Waals surface area contributed by atoms with Gasteiger partial charge >= 0.3 is 0 Å². The van der Waals surface area contributed by atoms with E-state index in [1.807, 2.05) is 12.1 Å². The number of rotatable bonds is 8. The monoisotopic (exact) mass is 842 g/mol. The maximum Gasteiger partial charge on any atom is 0.178 e. The highest BCUT2D eigenvalue weighted by Crippen LogP contribution is 2.41. The summed E-state index contributed by atoms with van der Waals surface area (Å²) in [7, 11) is 0. The van der Waals surface area contributed by atoms with E-state index in [2.05, 4.69) is 243 Å². The van der Waals surface area contributed by atoms with Gasteiger partial charge < -0.3 is 9.80 Å². The van der Waals surface area contributed by atoms with Crippen LogP contribution >= 0.6 is 0 Å². The number of anilines is 6. The van der Waals surface area contributed by atoms with E-state index in [1.54, 1.807) is 6.20 Å². The minimum atomic E-state index is 0.0588. The fraction of sp³-hybridized carbons (Fsp3) is 0.271. The number of fused-ring (bicyclic) bond motifs is 1. The lowest BCUT2D eigenvalue weighted by Crippen LogP contribution is -2.14. The first kappa shape index (κ1) is 44.0. The van der Waals surface area contributed by atoms with E-state index >= 15 is 0 Å². The number of aromatic nitrogens is 3. The summed E-state index contributed by atoms with van der Waals surface area (Å²) in [5.74, 6) is 0. The van der Waals surface area contributed by atoms with Crippen LogP contribution in [-0.4, -0.2) is 15.0 Å². The smallest absolute Gasteiger partial charge is 0.178 e. The molecule has 0 fully saturated rings. The molecule has 0 bridgehead atoms. The van der Waals surface area contributed by atoms with Crippen LogP contribution in [0.1, 0.15) is 105 Å². The van der Waals surface area contributed by atoms with Crippen LogP contribution in [0.15, 0.2) is 164 Å². The normalized spacial score (nSPS) is 12.4. The van der Waals surface area contributed by atoms with E-state index in [0.717, 1.165) is 62.2 Å². The van der Waals surface area contributed by atoms with E-state index in [0.29, 0.717) is 5.65 Å². The molecule has 0 aliphatic heterocycles. The van der Waals surface area contributed by atoms with Gasteiger partial charge in [0, 0.05) is 51.4 Å². The third kappa shape index (κ3) is 9.36. The summed E-state index contributed by atoms with van der Waals surface area (Å²) in [5, 5.41) is 0. The molecular formula is C59H63N5. The van der Waals surface area contributed by atoms with Crippen molar-refractivity contribution in [2.75, 3.05) is 9.80 Å². The molecular weight excluding hydrogens is 779 g/mol. The van der Waals surface area contributed by atoms with Crippen LogP contribution in [0.5, 0.6) is 0 Å². The van der Waals surface area contributed by atoms with Gasteiger partial charge in [0.2, 0.25) is 0 Å². The van der Waals surface area contributed by atoms with Crippen molar-refractivity contribution in [2.45, 2.75) is 105 Å². The highest BCUT2D eigenvalue weighted by Gasteiger charge is 2.22. The van der Waals surface area contributed by atoms with Crippen molar-refractivity contribution < 1.29 is 0 Å². The lowest BCUT2D eigenvalue weighted by atomic mass is 9.86. The molecule has 6 aromatic carbocycles. The second kappa shape index (κ2) is 16.8. The third-order valence-electron chi connectivity index (χ3n) is 12.2. The Bertz CT molecular complexity index is 2530. The van der Waals surface area contributed by atoms with E-state index in [9.17, 15) is 0 Å². The molecule has 8 rings (SSSR count). The van der Waals surface area contributed by atoms with Gasteiger partial charge in [-0.1, -0.05) is 156 Å². The predicted octanol–water partition coefficient (Wildman–Crippen LogP) is 16.5. The van der Waals surface area contributed by atoms with Crippen LogP contribution in [0, 0.1) is 0 Å². The highest BCUT2D eigenvalue weighted by molar-refractivity contribution is 5.87. The molecule has 0 saturated heterocycles. The summed E-state index contributed by atoms with van der Waals surface area (Å²) in [6.45, 7) is 27.1. The fourth-order valence-corrected chi connectivity index (χ4v) is 8.17. The minimum Gasteiger partial charge on any atom is -0.311 e. The first-order valence-electron chi connectivity index (χ1n) is 22.6. The van der Waals surface area contributed by atoms with Crippen LogP contribution in [0.3, 0.4) is 0 Å². The Balaban J connectivity index is 1.19. The summed E-state index contributed by atoms with van der Waals surface area (Å²) in [4.78, 5) is 19.7. The van der Waals surface area contributed by atoms with Crippen LogP contribution in [0.2, 0.25) is 0 Å². The topological polar surface area (TPSA) is 45.2 Å². The highest BCUT2D eigenvalue weighted by atomic mass is 15.1. The van der Waals surface area contributed by atoms with Crippen molar-refractivity contribution in [3.05, 3.63) is 186 Å². The molecule has 0 radical (unpaired) electrons. The molecule has 5 heteroatoms. The Labute approximate surface area is 381 Å². The zero-order valence-electron chi connectivity index (χ0n) is 39.8. The summed E-state index contributed by atoms with van der Waals surface area (Å²) in [6, 6.07) is 57.2. The summed E-state index contributed by atoms with van der Waals surface area (Å²) < 4.78 is 0. The van der Waals surface area contributed by atoms with Gasteiger partial charge in [0.25, 0.3) is 0 Å². The molecule has 2 heterocycles. The summed E-state index contributed by atoms with van der Waals surface area (Å²) >= 11 is 0. The van der Waals surface area contributed by atoms with Crippen LogP contribution < -0.4 is 9.80 Å². The van der Waals surface area contributed by atoms with E-state index in [4.69, 9.17) is 9.97 Å². The maximum absolute atomic E-state index is 5.24. The van der Waals surface area contributed by atoms with Crippen molar-refractivity contribution in [1.29, 1.82) is 0 Å².